The van der Waals surface area contributed by atoms with Gasteiger partial charge >= 0.3 is 6.03 Å². The van der Waals surface area contributed by atoms with Crippen LogP contribution in [0.4, 0.5) is 4.79 Å². The minimum Gasteiger partial charge on any atom is -0.343 e. The maximum absolute atomic E-state index is 12.7. The van der Waals surface area contributed by atoms with Gasteiger partial charge in [0.2, 0.25) is 15.9 Å². The van der Waals surface area contributed by atoms with Crippen LogP contribution in [-0.2, 0) is 14.8 Å². The first-order chi connectivity index (χ1) is 14.4. The zero-order valence-corrected chi connectivity index (χ0v) is 18.6. The summed E-state index contributed by atoms with van der Waals surface area (Å²) in [4.78, 5) is 28.3. The monoisotopic (exact) mass is 456 g/mol. The van der Waals surface area contributed by atoms with Crippen LogP contribution in [0, 0.1) is 0 Å². The van der Waals surface area contributed by atoms with Gasteiger partial charge in [0, 0.05) is 57.3 Å². The Morgan fingerprint density at radius 1 is 0.933 bits per heavy atom. The molecule has 30 heavy (non-hydrogen) atoms. The molecule has 1 aromatic rings. The van der Waals surface area contributed by atoms with Gasteiger partial charge in [-0.1, -0.05) is 30.5 Å². The molecule has 0 radical (unpaired) electrons. The number of carbonyl (C=O) groups is 2. The Bertz CT molecular complexity index is 848. The molecule has 2 heterocycles. The second kappa shape index (κ2) is 10.5. The molecule has 0 aromatic heterocycles. The van der Waals surface area contributed by atoms with E-state index in [1.165, 1.54) is 29.3 Å². The van der Waals surface area contributed by atoms with E-state index < -0.39 is 10.0 Å². The van der Waals surface area contributed by atoms with Crippen LogP contribution in [0.2, 0.25) is 5.02 Å². The molecular weight excluding hydrogens is 428 g/mol. The number of rotatable bonds is 5. The standard InChI is InChI=1S/C20H29ClN4O4S/c21-17-6-5-7-18(16-17)30(28,29)25-14-12-24(13-15-25)20(27)22-9-8-19(26)23-10-3-1-2-4-11-23/h5-7,16H,1-4,8-15H2,(H,22,27). The van der Waals surface area contributed by atoms with E-state index in [1.807, 2.05) is 4.90 Å². The van der Waals surface area contributed by atoms with Crippen molar-refractivity contribution in [2.75, 3.05) is 45.8 Å². The number of hydrogen-bond donors (Lipinski definition) is 1. The SMILES string of the molecule is O=C(CCNC(=O)N1CCN(S(=O)(=O)c2cccc(Cl)c2)CC1)N1CCCCCC1. The Balaban J connectivity index is 1.43. The number of piperazine rings is 1. The van der Waals surface area contributed by atoms with Gasteiger partial charge < -0.3 is 15.1 Å². The average Bonchev–Trinajstić information content (AvgIpc) is 3.03. The number of amides is 3. The highest BCUT2D eigenvalue weighted by Gasteiger charge is 2.30. The summed E-state index contributed by atoms with van der Waals surface area (Å²) < 4.78 is 26.9. The summed E-state index contributed by atoms with van der Waals surface area (Å²) >= 11 is 5.91. The van der Waals surface area contributed by atoms with Gasteiger partial charge in [-0.3, -0.25) is 4.79 Å². The molecule has 3 rings (SSSR count). The molecule has 0 saturated carbocycles. The lowest BCUT2D eigenvalue weighted by atomic mass is 10.2. The van der Waals surface area contributed by atoms with Gasteiger partial charge in [0.05, 0.1) is 4.90 Å². The Hall–Kier alpha value is -1.84. The van der Waals surface area contributed by atoms with Gasteiger partial charge in [-0.05, 0) is 31.0 Å². The van der Waals surface area contributed by atoms with Crippen molar-refractivity contribution >= 4 is 33.6 Å². The van der Waals surface area contributed by atoms with Crippen LogP contribution >= 0.6 is 11.6 Å². The maximum Gasteiger partial charge on any atom is 0.317 e. The van der Waals surface area contributed by atoms with Crippen molar-refractivity contribution in [3.8, 4) is 0 Å². The zero-order chi connectivity index (χ0) is 21.6. The van der Waals surface area contributed by atoms with E-state index in [1.54, 1.807) is 17.0 Å². The lowest BCUT2D eigenvalue weighted by Crippen LogP contribution is -2.53. The molecule has 0 bridgehead atoms. The fourth-order valence-electron chi connectivity index (χ4n) is 3.77. The van der Waals surface area contributed by atoms with E-state index in [0.29, 0.717) is 18.1 Å². The zero-order valence-electron chi connectivity index (χ0n) is 17.1. The highest BCUT2D eigenvalue weighted by atomic mass is 35.5. The second-order valence-electron chi connectivity index (χ2n) is 7.63. The Labute approximate surface area is 183 Å². The van der Waals surface area contributed by atoms with E-state index in [4.69, 9.17) is 11.6 Å². The van der Waals surface area contributed by atoms with Gasteiger partial charge in [-0.15, -0.1) is 0 Å². The molecule has 166 valence electrons. The number of hydrogen-bond acceptors (Lipinski definition) is 4. The first-order valence-electron chi connectivity index (χ1n) is 10.4. The maximum atomic E-state index is 12.7. The summed E-state index contributed by atoms with van der Waals surface area (Å²) in [6, 6.07) is 5.91. The predicted octanol–water partition coefficient (Wildman–Crippen LogP) is 2.15. The molecule has 10 heteroatoms. The predicted molar refractivity (Wildman–Crippen MR) is 115 cm³/mol. The summed E-state index contributed by atoms with van der Waals surface area (Å²) in [6.07, 6.45) is 4.70. The van der Waals surface area contributed by atoms with Crippen LogP contribution in [0.15, 0.2) is 29.2 Å². The van der Waals surface area contributed by atoms with Crippen molar-refractivity contribution in [3.05, 3.63) is 29.3 Å². The number of nitrogens with zero attached hydrogens (tertiary/aromatic N) is 3. The van der Waals surface area contributed by atoms with Crippen LogP contribution < -0.4 is 5.32 Å². The highest BCUT2D eigenvalue weighted by molar-refractivity contribution is 7.89. The summed E-state index contributed by atoms with van der Waals surface area (Å²) in [5.74, 6) is 0.0784. The minimum absolute atomic E-state index is 0.0784. The van der Waals surface area contributed by atoms with Crippen molar-refractivity contribution in [3.63, 3.8) is 0 Å². The van der Waals surface area contributed by atoms with Crippen molar-refractivity contribution < 1.29 is 18.0 Å². The fraction of sp³-hybridized carbons (Fsp3) is 0.600. The molecule has 3 amide bonds. The van der Waals surface area contributed by atoms with Crippen molar-refractivity contribution in [1.29, 1.82) is 0 Å². The minimum atomic E-state index is -3.64. The summed E-state index contributed by atoms with van der Waals surface area (Å²) in [5, 5.41) is 3.15. The van der Waals surface area contributed by atoms with E-state index >= 15 is 0 Å². The smallest absolute Gasteiger partial charge is 0.317 e. The van der Waals surface area contributed by atoms with Crippen LogP contribution in [0.25, 0.3) is 0 Å². The molecular formula is C20H29ClN4O4S. The molecule has 2 aliphatic heterocycles. The Morgan fingerprint density at radius 2 is 1.60 bits per heavy atom. The molecule has 0 spiro atoms. The molecule has 8 nitrogen and oxygen atoms in total. The van der Waals surface area contributed by atoms with Crippen molar-refractivity contribution in [2.45, 2.75) is 37.0 Å². The normalized spacial score (nSPS) is 18.7. The number of carbonyl (C=O) groups excluding carboxylic acids is 2. The Kier molecular flexibility index (Phi) is 7.96. The fourth-order valence-corrected chi connectivity index (χ4v) is 5.50. The van der Waals surface area contributed by atoms with Crippen molar-refractivity contribution in [1.82, 2.24) is 19.4 Å². The average molecular weight is 457 g/mol. The van der Waals surface area contributed by atoms with Gasteiger partial charge in [0.1, 0.15) is 0 Å². The summed E-state index contributed by atoms with van der Waals surface area (Å²) in [7, 11) is -3.64. The molecule has 1 aromatic carbocycles. The number of nitrogens with one attached hydrogen (secondary N) is 1. The third-order valence-electron chi connectivity index (χ3n) is 5.53. The van der Waals surface area contributed by atoms with Crippen LogP contribution in [0.5, 0.6) is 0 Å². The lowest BCUT2D eigenvalue weighted by molar-refractivity contribution is -0.131. The Morgan fingerprint density at radius 3 is 2.23 bits per heavy atom. The van der Waals surface area contributed by atoms with E-state index in [2.05, 4.69) is 5.32 Å². The van der Waals surface area contributed by atoms with Gasteiger partial charge in [-0.2, -0.15) is 4.31 Å². The van der Waals surface area contributed by atoms with Crippen LogP contribution in [-0.4, -0.2) is 80.3 Å². The molecule has 2 saturated heterocycles. The summed E-state index contributed by atoms with van der Waals surface area (Å²) in [5.41, 5.74) is 0. The van der Waals surface area contributed by atoms with Gasteiger partial charge in [0.25, 0.3) is 0 Å². The first-order valence-corrected chi connectivity index (χ1v) is 12.3. The third kappa shape index (κ3) is 5.86. The first kappa shape index (κ1) is 22.8. The molecule has 0 unspecified atom stereocenters. The highest BCUT2D eigenvalue weighted by Crippen LogP contribution is 2.21. The summed E-state index contributed by atoms with van der Waals surface area (Å²) in [6.45, 7) is 2.92. The number of sulfonamides is 1. The van der Waals surface area contributed by atoms with Crippen molar-refractivity contribution in [2.24, 2.45) is 0 Å². The third-order valence-corrected chi connectivity index (χ3v) is 7.66. The van der Waals surface area contributed by atoms with Gasteiger partial charge in [-0.25, -0.2) is 13.2 Å². The molecule has 2 aliphatic rings. The van der Waals surface area contributed by atoms with Crippen LogP contribution in [0.3, 0.4) is 0 Å². The molecule has 0 atom stereocenters. The molecule has 1 N–H and O–H groups in total. The second-order valence-corrected chi connectivity index (χ2v) is 10.00. The number of likely N-dealkylation sites (tertiary alicyclic amines) is 1. The van der Waals surface area contributed by atoms with Crippen LogP contribution in [0.1, 0.15) is 32.1 Å². The molecule has 2 fully saturated rings. The lowest BCUT2D eigenvalue weighted by Gasteiger charge is -2.34. The van der Waals surface area contributed by atoms with Gasteiger partial charge in [0.15, 0.2) is 0 Å². The van der Waals surface area contributed by atoms with E-state index in [9.17, 15) is 18.0 Å². The largest absolute Gasteiger partial charge is 0.343 e. The van der Waals surface area contributed by atoms with E-state index in [0.717, 1.165) is 25.9 Å². The molecule has 0 aliphatic carbocycles. The number of urea groups is 1. The number of benzene rings is 1. The topological polar surface area (TPSA) is 90.0 Å². The van der Waals surface area contributed by atoms with E-state index in [-0.39, 0.29) is 42.9 Å². The number of halogens is 1. The quantitative estimate of drug-likeness (QED) is 0.735.